The zero-order valence-electron chi connectivity index (χ0n) is 9.75. The van der Waals surface area contributed by atoms with E-state index in [0.29, 0.717) is 0 Å². The van der Waals surface area contributed by atoms with Crippen molar-refractivity contribution in [3.63, 3.8) is 0 Å². The largest absolute Gasteiger partial charge is 0.339 e. The topological polar surface area (TPSA) is 59.4 Å². The summed E-state index contributed by atoms with van der Waals surface area (Å²) in [6.07, 6.45) is 3.69. The highest BCUT2D eigenvalue weighted by molar-refractivity contribution is 5.70. The van der Waals surface area contributed by atoms with Gasteiger partial charge in [0.05, 0.1) is 5.52 Å². The molecule has 0 fully saturated rings. The van der Waals surface area contributed by atoms with Gasteiger partial charge in [-0.25, -0.2) is 9.97 Å². The number of nitrogens with zero attached hydrogens (tertiary/aromatic N) is 4. The maximum Gasteiger partial charge on any atom is 0.178 e. The summed E-state index contributed by atoms with van der Waals surface area (Å²) in [6, 6.07) is 5.97. The van der Waals surface area contributed by atoms with Crippen LogP contribution < -0.4 is 0 Å². The second kappa shape index (κ2) is 3.69. The van der Waals surface area contributed by atoms with Crippen LogP contribution in [-0.4, -0.2) is 24.7 Å². The first-order valence-corrected chi connectivity index (χ1v) is 5.56. The van der Waals surface area contributed by atoms with Crippen LogP contribution in [0.25, 0.3) is 11.2 Å². The molecule has 5 nitrogen and oxygen atoms in total. The van der Waals surface area contributed by atoms with Gasteiger partial charge < -0.3 is 4.98 Å². The number of hydrogen-bond donors (Lipinski definition) is 1. The van der Waals surface area contributed by atoms with E-state index in [9.17, 15) is 0 Å². The van der Waals surface area contributed by atoms with Gasteiger partial charge in [-0.15, -0.1) is 0 Å². The fourth-order valence-corrected chi connectivity index (χ4v) is 1.84. The van der Waals surface area contributed by atoms with Gasteiger partial charge in [0.15, 0.2) is 5.65 Å². The molecular weight excluding hydrogens is 214 g/mol. The highest BCUT2D eigenvalue weighted by Gasteiger charge is 2.13. The average molecular weight is 227 g/mol. The summed E-state index contributed by atoms with van der Waals surface area (Å²) < 4.78 is 1.87. The minimum atomic E-state index is 0.0829. The lowest BCUT2D eigenvalue weighted by Gasteiger charge is -2.07. The Balaban J connectivity index is 2.06. The van der Waals surface area contributed by atoms with E-state index in [-0.39, 0.29) is 6.04 Å². The van der Waals surface area contributed by atoms with E-state index in [1.54, 1.807) is 6.20 Å². The third kappa shape index (κ3) is 1.69. The molecule has 86 valence electrons. The zero-order chi connectivity index (χ0) is 11.8. The Morgan fingerprint density at radius 1 is 1.29 bits per heavy atom. The van der Waals surface area contributed by atoms with Crippen LogP contribution in [0, 0.1) is 6.92 Å². The molecule has 0 radical (unpaired) electrons. The first kappa shape index (κ1) is 10.0. The molecule has 1 atom stereocenters. The second-order valence-electron chi connectivity index (χ2n) is 4.11. The van der Waals surface area contributed by atoms with Crippen molar-refractivity contribution in [2.24, 2.45) is 0 Å². The van der Waals surface area contributed by atoms with Crippen LogP contribution in [0.3, 0.4) is 0 Å². The molecule has 1 unspecified atom stereocenters. The van der Waals surface area contributed by atoms with Gasteiger partial charge in [0.1, 0.15) is 11.9 Å². The number of H-pyrrole nitrogens is 1. The van der Waals surface area contributed by atoms with Gasteiger partial charge >= 0.3 is 0 Å². The summed E-state index contributed by atoms with van der Waals surface area (Å²) in [5, 5.41) is 4.22. The molecule has 0 saturated heterocycles. The SMILES string of the molecule is Cc1ccc2[nH]c(C(C)n3cccn3)nc2n1. The minimum absolute atomic E-state index is 0.0829. The predicted octanol–water partition coefficient (Wildman–Crippen LogP) is 2.07. The number of nitrogens with one attached hydrogen (secondary N) is 1. The van der Waals surface area contributed by atoms with Crippen LogP contribution in [0.5, 0.6) is 0 Å². The number of fused-ring (bicyclic) bond motifs is 1. The van der Waals surface area contributed by atoms with Crippen LogP contribution >= 0.6 is 0 Å². The van der Waals surface area contributed by atoms with Crippen LogP contribution in [0.2, 0.25) is 0 Å². The van der Waals surface area contributed by atoms with E-state index in [4.69, 9.17) is 0 Å². The molecule has 0 aliphatic heterocycles. The Kier molecular flexibility index (Phi) is 2.18. The lowest BCUT2D eigenvalue weighted by atomic mass is 10.3. The summed E-state index contributed by atoms with van der Waals surface area (Å²) >= 11 is 0. The molecule has 1 N–H and O–H groups in total. The summed E-state index contributed by atoms with van der Waals surface area (Å²) in [5.74, 6) is 0.877. The third-order valence-corrected chi connectivity index (χ3v) is 2.82. The molecule has 3 heterocycles. The zero-order valence-corrected chi connectivity index (χ0v) is 9.75. The Morgan fingerprint density at radius 2 is 2.18 bits per heavy atom. The summed E-state index contributed by atoms with van der Waals surface area (Å²) in [6.45, 7) is 4.02. The number of rotatable bonds is 2. The van der Waals surface area contributed by atoms with Crippen LogP contribution in [0.4, 0.5) is 0 Å². The van der Waals surface area contributed by atoms with Crippen molar-refractivity contribution < 1.29 is 0 Å². The van der Waals surface area contributed by atoms with Crippen LogP contribution in [0.1, 0.15) is 24.5 Å². The summed E-state index contributed by atoms with van der Waals surface area (Å²) in [7, 11) is 0. The molecule has 0 aromatic carbocycles. The van der Waals surface area contributed by atoms with Gasteiger partial charge in [0, 0.05) is 18.1 Å². The number of aromatic nitrogens is 5. The summed E-state index contributed by atoms with van der Waals surface area (Å²) in [4.78, 5) is 12.2. The Bertz CT molecular complexity index is 638. The monoisotopic (exact) mass is 227 g/mol. The number of aromatic amines is 1. The smallest absolute Gasteiger partial charge is 0.178 e. The van der Waals surface area contributed by atoms with E-state index in [1.807, 2.05) is 36.0 Å². The van der Waals surface area contributed by atoms with Gasteiger partial charge in [-0.05, 0) is 32.0 Å². The lowest BCUT2D eigenvalue weighted by Crippen LogP contribution is -2.08. The molecule has 3 rings (SSSR count). The quantitative estimate of drug-likeness (QED) is 0.729. The molecule has 0 aliphatic carbocycles. The van der Waals surface area contributed by atoms with Gasteiger partial charge in [0.25, 0.3) is 0 Å². The van der Waals surface area contributed by atoms with E-state index in [0.717, 1.165) is 22.7 Å². The average Bonchev–Trinajstić information content (AvgIpc) is 2.96. The summed E-state index contributed by atoms with van der Waals surface area (Å²) in [5.41, 5.74) is 2.70. The van der Waals surface area contributed by atoms with Crippen molar-refractivity contribution in [1.29, 1.82) is 0 Å². The molecular formula is C12H13N5. The number of hydrogen-bond acceptors (Lipinski definition) is 3. The lowest BCUT2D eigenvalue weighted by molar-refractivity contribution is 0.542. The first-order valence-electron chi connectivity index (χ1n) is 5.56. The van der Waals surface area contributed by atoms with Crippen molar-refractivity contribution >= 4 is 11.2 Å². The van der Waals surface area contributed by atoms with Gasteiger partial charge in [0.2, 0.25) is 0 Å². The van der Waals surface area contributed by atoms with Crippen molar-refractivity contribution in [1.82, 2.24) is 24.7 Å². The van der Waals surface area contributed by atoms with Gasteiger partial charge in [-0.1, -0.05) is 0 Å². The Labute approximate surface area is 98.5 Å². The van der Waals surface area contributed by atoms with E-state index in [1.165, 1.54) is 0 Å². The predicted molar refractivity (Wildman–Crippen MR) is 64.7 cm³/mol. The molecule has 0 spiro atoms. The van der Waals surface area contributed by atoms with Crippen molar-refractivity contribution in [2.75, 3.05) is 0 Å². The number of pyridine rings is 1. The molecule has 0 bridgehead atoms. The normalized spacial score (nSPS) is 13.1. The molecule has 3 aromatic heterocycles. The number of imidazole rings is 1. The molecule has 0 saturated carbocycles. The second-order valence-corrected chi connectivity index (χ2v) is 4.11. The fourth-order valence-electron chi connectivity index (χ4n) is 1.84. The maximum atomic E-state index is 4.50. The van der Waals surface area contributed by atoms with E-state index >= 15 is 0 Å². The van der Waals surface area contributed by atoms with Gasteiger partial charge in [-0.2, -0.15) is 5.10 Å². The molecule has 0 amide bonds. The standard InChI is InChI=1S/C12H13N5/c1-8-4-5-10-12(14-8)16-11(15-10)9(2)17-7-3-6-13-17/h3-7,9H,1-2H3,(H,14,15,16). The Hall–Kier alpha value is -2.17. The van der Waals surface area contributed by atoms with Crippen molar-refractivity contribution in [2.45, 2.75) is 19.9 Å². The molecule has 3 aromatic rings. The fraction of sp³-hybridized carbons (Fsp3) is 0.250. The van der Waals surface area contributed by atoms with Crippen molar-refractivity contribution in [3.8, 4) is 0 Å². The molecule has 0 aliphatic rings. The third-order valence-electron chi connectivity index (χ3n) is 2.82. The highest BCUT2D eigenvalue weighted by Crippen LogP contribution is 2.17. The number of aryl methyl sites for hydroxylation is 1. The van der Waals surface area contributed by atoms with Crippen LogP contribution in [0.15, 0.2) is 30.6 Å². The first-order chi connectivity index (χ1) is 8.24. The van der Waals surface area contributed by atoms with Crippen molar-refractivity contribution in [3.05, 3.63) is 42.1 Å². The van der Waals surface area contributed by atoms with E-state index in [2.05, 4.69) is 27.0 Å². The molecule has 5 heteroatoms. The minimum Gasteiger partial charge on any atom is -0.339 e. The maximum absolute atomic E-state index is 4.50. The van der Waals surface area contributed by atoms with Gasteiger partial charge in [-0.3, -0.25) is 4.68 Å². The van der Waals surface area contributed by atoms with Crippen LogP contribution in [-0.2, 0) is 0 Å². The Morgan fingerprint density at radius 3 is 2.94 bits per heavy atom. The van der Waals surface area contributed by atoms with E-state index < -0.39 is 0 Å². The highest BCUT2D eigenvalue weighted by atomic mass is 15.3. The molecule has 17 heavy (non-hydrogen) atoms.